The summed E-state index contributed by atoms with van der Waals surface area (Å²) in [5.41, 5.74) is 0.594. The highest BCUT2D eigenvalue weighted by Gasteiger charge is 2.26. The molecule has 2 rings (SSSR count). The minimum Gasteiger partial charge on any atom is -0.368 e. The van der Waals surface area contributed by atoms with E-state index in [-0.39, 0.29) is 6.54 Å². The van der Waals surface area contributed by atoms with Gasteiger partial charge in [0, 0.05) is 12.7 Å². The molecule has 0 unspecified atom stereocenters. The average Bonchev–Trinajstić information content (AvgIpc) is 2.57. The fourth-order valence-electron chi connectivity index (χ4n) is 1.25. The maximum absolute atomic E-state index is 11.9. The summed E-state index contributed by atoms with van der Waals surface area (Å²) in [5.74, 6) is 0.392. The Morgan fingerprint density at radius 1 is 1.38 bits per heavy atom. The fraction of sp³-hybridized carbons (Fsp3) is 0.333. The van der Waals surface area contributed by atoms with E-state index in [4.69, 9.17) is 0 Å². The van der Waals surface area contributed by atoms with Gasteiger partial charge in [-0.05, 0) is 12.1 Å². The van der Waals surface area contributed by atoms with Gasteiger partial charge in [-0.15, -0.1) is 0 Å². The second-order valence-corrected chi connectivity index (χ2v) is 3.24. The van der Waals surface area contributed by atoms with Crippen LogP contribution in [0.2, 0.25) is 0 Å². The van der Waals surface area contributed by atoms with Gasteiger partial charge in [-0.2, -0.15) is 18.3 Å². The Morgan fingerprint density at radius 2 is 2.19 bits per heavy atom. The molecule has 0 aliphatic heterocycles. The number of fused-ring (bicyclic) bond motifs is 1. The van der Waals surface area contributed by atoms with Crippen LogP contribution in [0.25, 0.3) is 5.65 Å². The highest BCUT2D eigenvalue weighted by atomic mass is 19.4. The molecule has 0 radical (unpaired) electrons. The molecule has 2 aromatic heterocycles. The Morgan fingerprint density at radius 3 is 2.88 bits per heavy atom. The van der Waals surface area contributed by atoms with E-state index in [1.807, 2.05) is 0 Å². The average molecular weight is 230 g/mol. The molecule has 86 valence electrons. The first-order valence-corrected chi connectivity index (χ1v) is 4.66. The number of anilines is 1. The number of aromatic nitrogens is 3. The molecular weight excluding hydrogens is 221 g/mol. The molecule has 0 amide bonds. The molecule has 1 N–H and O–H groups in total. The number of hydrogen-bond donors (Lipinski definition) is 1. The van der Waals surface area contributed by atoms with Crippen LogP contribution in [0.4, 0.5) is 19.0 Å². The highest BCUT2D eigenvalue weighted by molar-refractivity contribution is 5.47. The van der Waals surface area contributed by atoms with E-state index in [0.29, 0.717) is 11.5 Å². The molecule has 0 saturated carbocycles. The number of hydrogen-bond acceptors (Lipinski definition) is 3. The van der Waals surface area contributed by atoms with Gasteiger partial charge in [-0.3, -0.25) is 0 Å². The number of nitrogens with zero attached hydrogens (tertiary/aromatic N) is 3. The van der Waals surface area contributed by atoms with Crippen LogP contribution < -0.4 is 5.32 Å². The number of imidazole rings is 1. The Labute approximate surface area is 89.1 Å². The molecule has 0 aliphatic carbocycles. The van der Waals surface area contributed by atoms with E-state index in [1.165, 1.54) is 4.52 Å². The van der Waals surface area contributed by atoms with Gasteiger partial charge >= 0.3 is 6.18 Å². The summed E-state index contributed by atoms with van der Waals surface area (Å²) in [6.45, 7) is -0.187. The van der Waals surface area contributed by atoms with Gasteiger partial charge in [0.2, 0.25) is 0 Å². The zero-order valence-electron chi connectivity index (χ0n) is 8.20. The quantitative estimate of drug-likeness (QED) is 0.877. The third-order valence-electron chi connectivity index (χ3n) is 1.95. The van der Waals surface area contributed by atoms with Gasteiger partial charge in [-0.1, -0.05) is 0 Å². The van der Waals surface area contributed by atoms with Crippen LogP contribution in [0.1, 0.15) is 6.42 Å². The Hall–Kier alpha value is -1.79. The van der Waals surface area contributed by atoms with Gasteiger partial charge < -0.3 is 5.32 Å². The van der Waals surface area contributed by atoms with Crippen molar-refractivity contribution in [1.82, 2.24) is 14.6 Å². The van der Waals surface area contributed by atoms with Crippen molar-refractivity contribution in [2.45, 2.75) is 12.6 Å². The summed E-state index contributed by atoms with van der Waals surface area (Å²) in [6, 6.07) is 3.43. The van der Waals surface area contributed by atoms with E-state index in [2.05, 4.69) is 15.4 Å². The van der Waals surface area contributed by atoms with Crippen molar-refractivity contribution in [2.75, 3.05) is 11.9 Å². The lowest BCUT2D eigenvalue weighted by molar-refractivity contribution is -0.131. The van der Waals surface area contributed by atoms with Gasteiger partial charge in [-0.25, -0.2) is 9.50 Å². The summed E-state index contributed by atoms with van der Waals surface area (Å²) in [6.07, 6.45) is -1.90. The predicted molar refractivity (Wildman–Crippen MR) is 52.1 cm³/mol. The van der Waals surface area contributed by atoms with Crippen molar-refractivity contribution in [3.63, 3.8) is 0 Å². The van der Waals surface area contributed by atoms with E-state index < -0.39 is 12.6 Å². The predicted octanol–water partition coefficient (Wildman–Crippen LogP) is 2.09. The standard InChI is InChI=1S/C9H9F3N4/c10-9(11,12)3-5-13-7-6-16-8(15-7)2-1-4-14-16/h1-2,4,6,13H,3,5H2. The summed E-state index contributed by atoms with van der Waals surface area (Å²) in [7, 11) is 0. The SMILES string of the molecule is FC(F)(F)CCNc1cn2ncccc2n1. The summed E-state index contributed by atoms with van der Waals surface area (Å²) in [5, 5.41) is 6.55. The van der Waals surface area contributed by atoms with Crippen molar-refractivity contribution >= 4 is 11.5 Å². The third kappa shape index (κ3) is 2.62. The molecule has 0 atom stereocenters. The number of rotatable bonds is 3. The second kappa shape index (κ2) is 3.99. The minimum absolute atomic E-state index is 0.187. The number of nitrogens with one attached hydrogen (secondary N) is 1. The smallest absolute Gasteiger partial charge is 0.368 e. The Kier molecular flexibility index (Phi) is 2.67. The largest absolute Gasteiger partial charge is 0.390 e. The molecule has 2 aromatic rings. The molecule has 0 saturated heterocycles. The fourth-order valence-corrected chi connectivity index (χ4v) is 1.25. The van der Waals surface area contributed by atoms with Crippen LogP contribution in [-0.4, -0.2) is 27.3 Å². The van der Waals surface area contributed by atoms with Crippen molar-refractivity contribution in [2.24, 2.45) is 0 Å². The monoisotopic (exact) mass is 230 g/mol. The first-order valence-electron chi connectivity index (χ1n) is 4.66. The lowest BCUT2D eigenvalue weighted by Gasteiger charge is -2.05. The maximum atomic E-state index is 11.9. The molecule has 0 spiro atoms. The van der Waals surface area contributed by atoms with E-state index >= 15 is 0 Å². The molecule has 2 heterocycles. The molecule has 7 heteroatoms. The lowest BCUT2D eigenvalue weighted by atomic mass is 10.4. The molecule has 0 aliphatic rings. The first kappa shape index (κ1) is 10.7. The lowest BCUT2D eigenvalue weighted by Crippen LogP contribution is -2.14. The van der Waals surface area contributed by atoms with Crippen LogP contribution in [0, 0.1) is 0 Å². The summed E-state index contributed by atoms with van der Waals surface area (Å²) < 4.78 is 37.2. The van der Waals surface area contributed by atoms with Crippen LogP contribution in [0.5, 0.6) is 0 Å². The maximum Gasteiger partial charge on any atom is 0.390 e. The highest BCUT2D eigenvalue weighted by Crippen LogP contribution is 2.19. The third-order valence-corrected chi connectivity index (χ3v) is 1.95. The van der Waals surface area contributed by atoms with Gasteiger partial charge in [0.1, 0.15) is 5.82 Å². The van der Waals surface area contributed by atoms with Crippen molar-refractivity contribution in [3.8, 4) is 0 Å². The van der Waals surface area contributed by atoms with Gasteiger partial charge in [0.05, 0.1) is 12.6 Å². The first-order chi connectivity index (χ1) is 7.54. The van der Waals surface area contributed by atoms with Gasteiger partial charge in [0.25, 0.3) is 0 Å². The van der Waals surface area contributed by atoms with Crippen LogP contribution in [0.3, 0.4) is 0 Å². The summed E-state index contributed by atoms with van der Waals surface area (Å²) >= 11 is 0. The van der Waals surface area contributed by atoms with Crippen molar-refractivity contribution in [3.05, 3.63) is 24.5 Å². The van der Waals surface area contributed by atoms with E-state index in [0.717, 1.165) is 0 Å². The Bertz CT molecular complexity index is 444. The van der Waals surface area contributed by atoms with Crippen LogP contribution in [-0.2, 0) is 0 Å². The molecule has 0 bridgehead atoms. The molecular formula is C9H9F3N4. The van der Waals surface area contributed by atoms with Gasteiger partial charge in [0.15, 0.2) is 5.65 Å². The zero-order chi connectivity index (χ0) is 11.6. The van der Waals surface area contributed by atoms with Crippen molar-refractivity contribution < 1.29 is 13.2 Å². The molecule has 0 fully saturated rings. The van der Waals surface area contributed by atoms with E-state index in [9.17, 15) is 13.2 Å². The molecule has 4 nitrogen and oxygen atoms in total. The van der Waals surface area contributed by atoms with Crippen LogP contribution >= 0.6 is 0 Å². The van der Waals surface area contributed by atoms with Crippen molar-refractivity contribution in [1.29, 1.82) is 0 Å². The van der Waals surface area contributed by atoms with Crippen LogP contribution in [0.15, 0.2) is 24.5 Å². The van der Waals surface area contributed by atoms with E-state index in [1.54, 1.807) is 24.5 Å². The minimum atomic E-state index is -4.15. The Balaban J connectivity index is 2.00. The normalized spacial score (nSPS) is 11.9. The summed E-state index contributed by atoms with van der Waals surface area (Å²) in [4.78, 5) is 4.05. The number of halogens is 3. The zero-order valence-corrected chi connectivity index (χ0v) is 8.20. The molecule has 0 aromatic carbocycles. The number of alkyl halides is 3. The second-order valence-electron chi connectivity index (χ2n) is 3.24. The molecule has 16 heavy (non-hydrogen) atoms. The topological polar surface area (TPSA) is 42.2 Å².